The molecular formula is C14H25Cl2N3. The summed E-state index contributed by atoms with van der Waals surface area (Å²) in [7, 11) is 0. The molecule has 0 saturated carbocycles. The lowest BCUT2D eigenvalue weighted by atomic mass is 9.83. The van der Waals surface area contributed by atoms with Gasteiger partial charge in [0.25, 0.3) is 0 Å². The average molecular weight is 306 g/mol. The van der Waals surface area contributed by atoms with E-state index < -0.39 is 0 Å². The van der Waals surface area contributed by atoms with E-state index >= 15 is 0 Å². The first kappa shape index (κ1) is 18.7. The zero-order valence-electron chi connectivity index (χ0n) is 11.9. The summed E-state index contributed by atoms with van der Waals surface area (Å²) in [5, 5.41) is 3.41. The van der Waals surface area contributed by atoms with Crippen LogP contribution in [0.25, 0.3) is 0 Å². The Morgan fingerprint density at radius 2 is 1.79 bits per heavy atom. The summed E-state index contributed by atoms with van der Waals surface area (Å²) in [6.07, 6.45) is 1.90. The minimum Gasteiger partial charge on any atom is -0.314 e. The number of nitrogens with zero attached hydrogens (tertiary/aromatic N) is 2. The Kier molecular flexibility index (Phi) is 7.90. The largest absolute Gasteiger partial charge is 0.314 e. The molecule has 0 spiro atoms. The van der Waals surface area contributed by atoms with Gasteiger partial charge in [0.05, 0.1) is 11.7 Å². The predicted molar refractivity (Wildman–Crippen MR) is 85.4 cm³/mol. The fourth-order valence-electron chi connectivity index (χ4n) is 2.66. The second kappa shape index (κ2) is 8.05. The lowest BCUT2D eigenvalue weighted by molar-refractivity contribution is 0.0831. The van der Waals surface area contributed by atoms with Crippen molar-refractivity contribution in [3.8, 4) is 0 Å². The van der Waals surface area contributed by atoms with E-state index in [2.05, 4.69) is 48.1 Å². The highest BCUT2D eigenvalue weighted by Gasteiger charge is 2.33. The highest BCUT2D eigenvalue weighted by atomic mass is 35.5. The average Bonchev–Trinajstić information content (AvgIpc) is 2.30. The van der Waals surface area contributed by atoms with Gasteiger partial charge < -0.3 is 5.32 Å². The summed E-state index contributed by atoms with van der Waals surface area (Å²) in [4.78, 5) is 7.11. The smallest absolute Gasteiger partial charge is 0.0580 e. The molecule has 1 N–H and O–H groups in total. The number of halogens is 2. The van der Waals surface area contributed by atoms with Gasteiger partial charge in [-0.1, -0.05) is 26.8 Å². The molecule has 110 valence electrons. The molecule has 0 bridgehead atoms. The van der Waals surface area contributed by atoms with E-state index in [0.29, 0.717) is 6.04 Å². The van der Waals surface area contributed by atoms with Crippen LogP contribution < -0.4 is 5.32 Å². The van der Waals surface area contributed by atoms with Crippen molar-refractivity contribution in [3.63, 3.8) is 0 Å². The molecule has 1 aliphatic rings. The molecule has 19 heavy (non-hydrogen) atoms. The number of hydrogen-bond donors (Lipinski definition) is 1. The Bertz CT molecular complexity index is 345. The zero-order valence-corrected chi connectivity index (χ0v) is 13.6. The molecule has 0 aliphatic carbocycles. The molecule has 5 heteroatoms. The molecule has 1 fully saturated rings. The molecule has 0 aromatic carbocycles. The van der Waals surface area contributed by atoms with E-state index in [1.807, 2.05) is 12.3 Å². The number of aromatic nitrogens is 1. The van der Waals surface area contributed by atoms with Crippen LogP contribution in [0.1, 0.15) is 32.5 Å². The Hall–Kier alpha value is -0.350. The van der Waals surface area contributed by atoms with Crippen molar-refractivity contribution in [2.45, 2.75) is 26.8 Å². The topological polar surface area (TPSA) is 28.2 Å². The highest BCUT2D eigenvalue weighted by molar-refractivity contribution is 5.85. The minimum absolute atomic E-state index is 0. The lowest BCUT2D eigenvalue weighted by Gasteiger charge is -2.41. The quantitative estimate of drug-likeness (QED) is 0.910. The van der Waals surface area contributed by atoms with E-state index in [1.54, 1.807) is 0 Å². The maximum atomic E-state index is 4.56. The number of rotatable bonds is 2. The standard InChI is InChI=1S/C14H23N3.2ClH/c1-14(2,3)13(12-6-4-5-7-16-12)17-10-8-15-9-11-17;;/h4-7,13,15H,8-11H2,1-3H3;2*1H/t13-;;/m1../s1. The van der Waals surface area contributed by atoms with Crippen molar-refractivity contribution in [1.82, 2.24) is 15.2 Å². The Morgan fingerprint density at radius 3 is 2.26 bits per heavy atom. The van der Waals surface area contributed by atoms with Gasteiger partial charge in [0.15, 0.2) is 0 Å². The summed E-state index contributed by atoms with van der Waals surface area (Å²) in [5.74, 6) is 0. The first-order valence-corrected chi connectivity index (χ1v) is 6.45. The molecule has 1 aliphatic heterocycles. The molecule has 2 rings (SSSR count). The molecule has 0 radical (unpaired) electrons. The van der Waals surface area contributed by atoms with Crippen molar-refractivity contribution in [1.29, 1.82) is 0 Å². The number of piperazine rings is 1. The van der Waals surface area contributed by atoms with Crippen molar-refractivity contribution in [3.05, 3.63) is 30.1 Å². The lowest BCUT2D eigenvalue weighted by Crippen LogP contribution is -2.48. The van der Waals surface area contributed by atoms with Gasteiger partial charge in [0, 0.05) is 32.4 Å². The Morgan fingerprint density at radius 1 is 1.16 bits per heavy atom. The van der Waals surface area contributed by atoms with Gasteiger partial charge in [-0.25, -0.2) is 0 Å². The third-order valence-electron chi connectivity index (χ3n) is 3.30. The maximum Gasteiger partial charge on any atom is 0.0580 e. The minimum atomic E-state index is 0. The van der Waals surface area contributed by atoms with Gasteiger partial charge >= 0.3 is 0 Å². The van der Waals surface area contributed by atoms with Gasteiger partial charge in [0.1, 0.15) is 0 Å². The number of pyridine rings is 1. The van der Waals surface area contributed by atoms with Gasteiger partial charge in [-0.05, 0) is 17.5 Å². The summed E-state index contributed by atoms with van der Waals surface area (Å²) in [6.45, 7) is 11.3. The first-order valence-electron chi connectivity index (χ1n) is 6.45. The van der Waals surface area contributed by atoms with E-state index in [0.717, 1.165) is 26.2 Å². The molecule has 3 nitrogen and oxygen atoms in total. The Labute approximate surface area is 129 Å². The van der Waals surface area contributed by atoms with Gasteiger partial charge in [-0.3, -0.25) is 9.88 Å². The Balaban J connectivity index is 0.00000162. The van der Waals surface area contributed by atoms with Crippen molar-refractivity contribution >= 4 is 24.8 Å². The normalized spacial score (nSPS) is 18.1. The van der Waals surface area contributed by atoms with Crippen LogP contribution in [0.5, 0.6) is 0 Å². The van der Waals surface area contributed by atoms with Crippen LogP contribution >= 0.6 is 24.8 Å². The van der Waals surface area contributed by atoms with Crippen LogP contribution in [0.15, 0.2) is 24.4 Å². The second-order valence-corrected chi connectivity index (χ2v) is 5.81. The fourth-order valence-corrected chi connectivity index (χ4v) is 2.66. The summed E-state index contributed by atoms with van der Waals surface area (Å²) in [6, 6.07) is 6.63. The molecule has 1 aromatic heterocycles. The molecular weight excluding hydrogens is 281 g/mol. The van der Waals surface area contributed by atoms with Crippen molar-refractivity contribution in [2.75, 3.05) is 26.2 Å². The van der Waals surface area contributed by atoms with E-state index in [4.69, 9.17) is 0 Å². The third-order valence-corrected chi connectivity index (χ3v) is 3.30. The van der Waals surface area contributed by atoms with E-state index in [1.165, 1.54) is 5.69 Å². The SMILES string of the molecule is CC(C)(C)[C@@H](c1ccccn1)N1CCNCC1.Cl.Cl. The maximum absolute atomic E-state index is 4.56. The van der Waals surface area contributed by atoms with Crippen LogP contribution in [0.4, 0.5) is 0 Å². The van der Waals surface area contributed by atoms with E-state index in [-0.39, 0.29) is 30.2 Å². The third kappa shape index (κ3) is 4.92. The number of nitrogens with one attached hydrogen (secondary N) is 1. The monoisotopic (exact) mass is 305 g/mol. The molecule has 2 heterocycles. The van der Waals surface area contributed by atoms with Gasteiger partial charge in [0.2, 0.25) is 0 Å². The molecule has 1 aromatic rings. The number of hydrogen-bond acceptors (Lipinski definition) is 3. The van der Waals surface area contributed by atoms with Crippen LogP contribution in [-0.4, -0.2) is 36.1 Å². The van der Waals surface area contributed by atoms with Gasteiger partial charge in [-0.15, -0.1) is 24.8 Å². The van der Waals surface area contributed by atoms with Crippen LogP contribution in [0, 0.1) is 5.41 Å². The highest BCUT2D eigenvalue weighted by Crippen LogP contribution is 2.36. The molecule has 1 atom stereocenters. The van der Waals surface area contributed by atoms with Crippen molar-refractivity contribution in [2.24, 2.45) is 5.41 Å². The molecule has 0 amide bonds. The summed E-state index contributed by atoms with van der Waals surface area (Å²) >= 11 is 0. The first-order chi connectivity index (χ1) is 8.09. The van der Waals surface area contributed by atoms with Crippen molar-refractivity contribution < 1.29 is 0 Å². The second-order valence-electron chi connectivity index (χ2n) is 5.81. The fraction of sp³-hybridized carbons (Fsp3) is 0.643. The summed E-state index contributed by atoms with van der Waals surface area (Å²) in [5.41, 5.74) is 1.41. The summed E-state index contributed by atoms with van der Waals surface area (Å²) < 4.78 is 0. The van der Waals surface area contributed by atoms with Gasteiger partial charge in [-0.2, -0.15) is 0 Å². The van der Waals surface area contributed by atoms with Crippen LogP contribution in [0.3, 0.4) is 0 Å². The predicted octanol–water partition coefficient (Wildman–Crippen LogP) is 2.92. The zero-order chi connectivity index (χ0) is 12.3. The van der Waals surface area contributed by atoms with Crippen LogP contribution in [0.2, 0.25) is 0 Å². The molecule has 1 saturated heterocycles. The molecule has 0 unspecified atom stereocenters. The van der Waals surface area contributed by atoms with E-state index in [9.17, 15) is 0 Å². The van der Waals surface area contributed by atoms with Crippen LogP contribution in [-0.2, 0) is 0 Å².